The van der Waals surface area contributed by atoms with E-state index in [1.165, 1.54) is 7.05 Å². The minimum atomic E-state index is -5.08. The minimum absolute atomic E-state index is 1.10. The fourth-order valence-electron chi connectivity index (χ4n) is 0. The highest BCUT2D eigenvalue weighted by Gasteiger charge is 2.38. The van der Waals surface area contributed by atoms with E-state index >= 15 is 0 Å². The Kier molecular flexibility index (Phi) is 10.1. The van der Waals surface area contributed by atoms with Crippen molar-refractivity contribution in [1.29, 1.82) is 0 Å². The molecule has 0 bridgehead atoms. The van der Waals surface area contributed by atoms with Gasteiger partial charge in [-0.3, -0.25) is 0 Å². The zero-order chi connectivity index (χ0) is 17.4. The Morgan fingerprint density at radius 2 is 1.00 bits per heavy atom. The van der Waals surface area contributed by atoms with Crippen LogP contribution in [0.4, 0.5) is 26.3 Å². The molecule has 0 aliphatic heterocycles. The Bertz CT molecular complexity index is 389. The van der Waals surface area contributed by atoms with Crippen molar-refractivity contribution >= 4 is 22.0 Å². The van der Waals surface area contributed by atoms with Gasteiger partial charge in [0.25, 0.3) is 0 Å². The summed E-state index contributed by atoms with van der Waals surface area (Å²) in [4.78, 5) is 17.8. The van der Waals surface area contributed by atoms with Crippen LogP contribution in [0.15, 0.2) is 0 Å². The number of alkyl halides is 6. The molecule has 7 nitrogen and oxygen atoms in total. The number of hydrogen-bond acceptors (Lipinski definition) is 4. The fourth-order valence-corrected chi connectivity index (χ4v) is 0. The van der Waals surface area contributed by atoms with Crippen molar-refractivity contribution in [1.82, 2.24) is 4.72 Å². The first-order chi connectivity index (χ1) is 8.45. The topological polar surface area (TPSA) is 121 Å². The molecule has 0 spiro atoms. The molecule has 0 aromatic carbocycles. The molecule has 0 amide bonds. The van der Waals surface area contributed by atoms with Crippen LogP contribution in [0.25, 0.3) is 0 Å². The van der Waals surface area contributed by atoms with Gasteiger partial charge in [-0.05, 0) is 7.05 Å². The first-order valence-corrected chi connectivity index (χ1v) is 5.83. The highest BCUT2D eigenvalue weighted by Crippen LogP contribution is 2.13. The van der Waals surface area contributed by atoms with Gasteiger partial charge >= 0.3 is 24.3 Å². The van der Waals surface area contributed by atoms with Gasteiger partial charge in [0.15, 0.2) is 0 Å². The van der Waals surface area contributed by atoms with Gasteiger partial charge in [-0.2, -0.15) is 26.3 Å². The number of hydrogen-bond donors (Lipinski definition) is 3. The summed E-state index contributed by atoms with van der Waals surface area (Å²) in [6, 6.07) is 0. The molecule has 20 heavy (non-hydrogen) atoms. The average Bonchev–Trinajstić information content (AvgIpc) is 2.15. The molecule has 0 aliphatic rings. The van der Waals surface area contributed by atoms with Gasteiger partial charge in [0.1, 0.15) is 0 Å². The van der Waals surface area contributed by atoms with Crippen LogP contribution in [-0.4, -0.2) is 56.2 Å². The van der Waals surface area contributed by atoms with E-state index in [9.17, 15) is 34.8 Å². The maximum atomic E-state index is 10.6. The van der Waals surface area contributed by atoms with Crippen molar-refractivity contribution in [3.05, 3.63) is 0 Å². The molecule has 14 heteroatoms. The molecule has 0 fully saturated rings. The number of aliphatic carboxylic acids is 2. The Morgan fingerprint density at radius 3 is 1.00 bits per heavy atom. The summed E-state index contributed by atoms with van der Waals surface area (Å²) in [5.41, 5.74) is 0. The third kappa shape index (κ3) is 21.7. The lowest BCUT2D eigenvalue weighted by Crippen LogP contribution is -2.21. The summed E-state index contributed by atoms with van der Waals surface area (Å²) in [6.07, 6.45) is -9.06. The Hall–Kier alpha value is -1.57. The zero-order valence-electron chi connectivity index (χ0n) is 9.70. The molecule has 0 heterocycles. The lowest BCUT2D eigenvalue weighted by Gasteiger charge is -1.93. The Balaban J connectivity index is -0.000000218. The summed E-state index contributed by atoms with van der Waals surface area (Å²) in [6.45, 7) is 0. The van der Waals surface area contributed by atoms with Crippen LogP contribution in [0.5, 0.6) is 0 Å². The van der Waals surface area contributed by atoms with Crippen LogP contribution in [0.1, 0.15) is 0 Å². The standard InChI is InChI=1S/2C2HF3O2.C2H7NO2S/c2*3-2(4,5)1(6)7;1-3-6(2,4)5/h2*(H,6,7);3H,1-2H3. The van der Waals surface area contributed by atoms with Crippen molar-refractivity contribution < 1.29 is 54.6 Å². The van der Waals surface area contributed by atoms with Crippen LogP contribution in [-0.2, 0) is 19.6 Å². The number of carboxylic acid groups (broad SMARTS) is 2. The van der Waals surface area contributed by atoms with Crippen molar-refractivity contribution in [2.75, 3.05) is 13.3 Å². The first kappa shape index (κ1) is 23.5. The van der Waals surface area contributed by atoms with Crippen LogP contribution >= 0.6 is 0 Å². The SMILES string of the molecule is CNS(C)(=O)=O.O=C(O)C(F)(F)F.O=C(O)C(F)(F)F. The van der Waals surface area contributed by atoms with E-state index in [0.717, 1.165) is 6.26 Å². The Morgan fingerprint density at radius 1 is 0.900 bits per heavy atom. The number of carbonyl (C=O) groups is 2. The van der Waals surface area contributed by atoms with E-state index in [0.29, 0.717) is 0 Å². The highest BCUT2D eigenvalue weighted by atomic mass is 32.2. The molecule has 0 unspecified atom stereocenters. The molecule has 0 saturated heterocycles. The van der Waals surface area contributed by atoms with Crippen molar-refractivity contribution in [3.63, 3.8) is 0 Å². The molecule has 0 atom stereocenters. The second-order valence-corrected chi connectivity index (χ2v) is 4.53. The molecule has 0 aliphatic carbocycles. The predicted molar refractivity (Wildman–Crippen MR) is 51.3 cm³/mol. The first-order valence-electron chi connectivity index (χ1n) is 3.94. The fraction of sp³-hybridized carbons (Fsp3) is 0.667. The zero-order valence-corrected chi connectivity index (χ0v) is 10.5. The largest absolute Gasteiger partial charge is 0.490 e. The summed E-state index contributed by atoms with van der Waals surface area (Å²) in [7, 11) is -1.54. The van der Waals surface area contributed by atoms with Gasteiger partial charge in [0.05, 0.1) is 6.26 Å². The van der Waals surface area contributed by atoms with Gasteiger partial charge in [-0.1, -0.05) is 0 Å². The molecular weight excluding hydrogens is 328 g/mol. The van der Waals surface area contributed by atoms with Gasteiger partial charge < -0.3 is 10.2 Å². The van der Waals surface area contributed by atoms with E-state index in [2.05, 4.69) is 4.72 Å². The summed E-state index contributed by atoms with van der Waals surface area (Å²) < 4.78 is 85.3. The minimum Gasteiger partial charge on any atom is -0.475 e. The summed E-state index contributed by atoms with van der Waals surface area (Å²) >= 11 is 0. The van der Waals surface area contributed by atoms with Gasteiger partial charge in [0, 0.05) is 0 Å². The van der Waals surface area contributed by atoms with E-state index in [1.807, 2.05) is 0 Å². The van der Waals surface area contributed by atoms with Crippen molar-refractivity contribution in [2.45, 2.75) is 12.4 Å². The highest BCUT2D eigenvalue weighted by molar-refractivity contribution is 7.88. The summed E-state index contributed by atoms with van der Waals surface area (Å²) in [5, 5.41) is 14.2. The second-order valence-electron chi connectivity index (χ2n) is 2.58. The number of halogens is 6. The Labute approximate surface area is 108 Å². The molecule has 0 saturated carbocycles. The van der Waals surface area contributed by atoms with Crippen molar-refractivity contribution in [3.8, 4) is 0 Å². The smallest absolute Gasteiger partial charge is 0.475 e. The van der Waals surface area contributed by atoms with E-state index in [-0.39, 0.29) is 0 Å². The van der Waals surface area contributed by atoms with Gasteiger partial charge in [-0.25, -0.2) is 22.7 Å². The number of nitrogens with one attached hydrogen (secondary N) is 1. The van der Waals surface area contributed by atoms with E-state index in [4.69, 9.17) is 19.8 Å². The third-order valence-corrected chi connectivity index (χ3v) is 1.60. The maximum absolute atomic E-state index is 10.6. The molecule has 0 aromatic heterocycles. The average molecular weight is 337 g/mol. The third-order valence-electron chi connectivity index (χ3n) is 0.856. The van der Waals surface area contributed by atoms with E-state index in [1.54, 1.807) is 0 Å². The van der Waals surface area contributed by atoms with Crippen LogP contribution in [0, 0.1) is 0 Å². The van der Waals surface area contributed by atoms with Gasteiger partial charge in [0.2, 0.25) is 10.0 Å². The molecule has 0 radical (unpaired) electrons. The normalized spacial score (nSPS) is 11.4. The lowest BCUT2D eigenvalue weighted by molar-refractivity contribution is -0.193. The van der Waals surface area contributed by atoms with Crippen LogP contribution < -0.4 is 4.72 Å². The molecule has 0 rings (SSSR count). The summed E-state index contributed by atoms with van der Waals surface area (Å²) in [5.74, 6) is -5.51. The van der Waals surface area contributed by atoms with Crippen LogP contribution in [0.3, 0.4) is 0 Å². The maximum Gasteiger partial charge on any atom is 0.490 e. The molecule has 0 aromatic rings. The molecule has 3 N–H and O–H groups in total. The quantitative estimate of drug-likeness (QED) is 0.597. The number of sulfonamides is 1. The second kappa shape index (κ2) is 8.57. The monoisotopic (exact) mass is 337 g/mol. The van der Waals surface area contributed by atoms with E-state index < -0.39 is 34.3 Å². The number of rotatable bonds is 1. The van der Waals surface area contributed by atoms with Crippen molar-refractivity contribution in [2.24, 2.45) is 0 Å². The lowest BCUT2D eigenvalue weighted by atomic mass is 10.7. The predicted octanol–water partition coefficient (Wildman–Crippen LogP) is 0.432. The van der Waals surface area contributed by atoms with Gasteiger partial charge in [-0.15, -0.1) is 0 Å². The number of carboxylic acids is 2. The molecule has 122 valence electrons. The molecular formula is C6H9F6NO6S. The van der Waals surface area contributed by atoms with Crippen LogP contribution in [0.2, 0.25) is 0 Å².